The number of aromatic amines is 1. The number of H-pyrrole nitrogens is 1. The molecule has 14 heavy (non-hydrogen) atoms. The predicted molar refractivity (Wildman–Crippen MR) is 52.8 cm³/mol. The van der Waals surface area contributed by atoms with Gasteiger partial charge in [0.1, 0.15) is 5.82 Å². The number of hydrogen-bond donors (Lipinski definition) is 3. The van der Waals surface area contributed by atoms with Gasteiger partial charge in [0.15, 0.2) is 0 Å². The highest BCUT2D eigenvalue weighted by atomic mass is 19.1. The van der Waals surface area contributed by atoms with E-state index in [1.807, 2.05) is 0 Å². The average molecular weight is 192 g/mol. The van der Waals surface area contributed by atoms with Crippen LogP contribution in [0.25, 0.3) is 11.3 Å². The van der Waals surface area contributed by atoms with Gasteiger partial charge in [0, 0.05) is 5.56 Å². The molecule has 4 nitrogen and oxygen atoms in total. The lowest BCUT2D eigenvalue weighted by Crippen LogP contribution is -1.92. The van der Waals surface area contributed by atoms with Crippen LogP contribution in [0.5, 0.6) is 0 Å². The van der Waals surface area contributed by atoms with E-state index >= 15 is 0 Å². The molecule has 0 amide bonds. The number of nitrogen functional groups attached to an aromatic ring is 2. The molecule has 0 aliphatic rings. The zero-order valence-corrected chi connectivity index (χ0v) is 7.29. The van der Waals surface area contributed by atoms with Crippen molar-refractivity contribution in [1.82, 2.24) is 10.2 Å². The van der Waals surface area contributed by atoms with E-state index in [4.69, 9.17) is 11.5 Å². The van der Waals surface area contributed by atoms with Crippen LogP contribution in [0, 0.1) is 5.82 Å². The van der Waals surface area contributed by atoms with E-state index < -0.39 is 5.82 Å². The van der Waals surface area contributed by atoms with Crippen molar-refractivity contribution in [2.75, 3.05) is 11.5 Å². The molecule has 1 heterocycles. The van der Waals surface area contributed by atoms with E-state index in [1.165, 1.54) is 18.3 Å². The first-order valence-corrected chi connectivity index (χ1v) is 4.02. The molecule has 0 fully saturated rings. The van der Waals surface area contributed by atoms with Crippen molar-refractivity contribution < 1.29 is 4.39 Å². The lowest BCUT2D eigenvalue weighted by Gasteiger charge is -2.01. The molecule has 2 aromatic rings. The van der Waals surface area contributed by atoms with Crippen molar-refractivity contribution in [3.8, 4) is 11.3 Å². The monoisotopic (exact) mass is 192 g/mol. The first kappa shape index (κ1) is 8.55. The summed E-state index contributed by atoms with van der Waals surface area (Å²) in [7, 11) is 0. The summed E-state index contributed by atoms with van der Waals surface area (Å²) in [4.78, 5) is 0. The van der Waals surface area contributed by atoms with E-state index in [2.05, 4.69) is 10.2 Å². The predicted octanol–water partition coefficient (Wildman–Crippen LogP) is 1.38. The summed E-state index contributed by atoms with van der Waals surface area (Å²) in [5.74, 6) is -0.462. The Bertz CT molecular complexity index is 464. The number of nitrogens with zero attached hydrogens (tertiary/aromatic N) is 1. The average Bonchev–Trinajstić information content (AvgIpc) is 2.57. The van der Waals surface area contributed by atoms with Crippen LogP contribution < -0.4 is 11.5 Å². The fourth-order valence-electron chi connectivity index (χ4n) is 1.21. The molecule has 0 aliphatic carbocycles. The molecule has 0 spiro atoms. The molecule has 0 unspecified atom stereocenters. The van der Waals surface area contributed by atoms with Gasteiger partial charge in [-0.25, -0.2) is 4.39 Å². The lowest BCUT2D eigenvalue weighted by atomic mass is 10.1. The number of hydrogen-bond acceptors (Lipinski definition) is 3. The fraction of sp³-hybridized carbons (Fsp3) is 0. The van der Waals surface area contributed by atoms with Crippen molar-refractivity contribution in [2.45, 2.75) is 0 Å². The van der Waals surface area contributed by atoms with Gasteiger partial charge in [-0.1, -0.05) is 6.07 Å². The van der Waals surface area contributed by atoms with Crippen LogP contribution in [-0.4, -0.2) is 10.2 Å². The Kier molecular flexibility index (Phi) is 1.85. The van der Waals surface area contributed by atoms with Crippen LogP contribution in [0.4, 0.5) is 15.8 Å². The van der Waals surface area contributed by atoms with Crippen molar-refractivity contribution in [3.05, 3.63) is 30.2 Å². The van der Waals surface area contributed by atoms with Crippen LogP contribution in [0.15, 0.2) is 24.4 Å². The van der Waals surface area contributed by atoms with Gasteiger partial charge in [-0.15, -0.1) is 0 Å². The highest BCUT2D eigenvalue weighted by molar-refractivity contribution is 5.72. The molecule has 5 heteroatoms. The first-order chi connectivity index (χ1) is 6.68. The molecule has 0 radical (unpaired) electrons. The van der Waals surface area contributed by atoms with Crippen molar-refractivity contribution in [1.29, 1.82) is 0 Å². The maximum Gasteiger partial charge on any atom is 0.146 e. The Labute approximate surface area is 79.7 Å². The summed E-state index contributed by atoms with van der Waals surface area (Å²) in [6, 6.07) is 4.49. The van der Waals surface area contributed by atoms with E-state index in [9.17, 15) is 4.39 Å². The number of rotatable bonds is 1. The summed E-state index contributed by atoms with van der Waals surface area (Å²) >= 11 is 0. The summed E-state index contributed by atoms with van der Waals surface area (Å²) in [6.07, 6.45) is 1.48. The molecule has 1 aromatic carbocycles. The summed E-state index contributed by atoms with van der Waals surface area (Å²) in [6.45, 7) is 0. The Morgan fingerprint density at radius 3 is 2.57 bits per heavy atom. The normalized spacial score (nSPS) is 10.4. The zero-order chi connectivity index (χ0) is 10.1. The fourth-order valence-corrected chi connectivity index (χ4v) is 1.21. The van der Waals surface area contributed by atoms with Gasteiger partial charge < -0.3 is 11.5 Å². The number of benzene rings is 1. The van der Waals surface area contributed by atoms with Crippen molar-refractivity contribution in [3.63, 3.8) is 0 Å². The van der Waals surface area contributed by atoms with Gasteiger partial charge in [0.2, 0.25) is 0 Å². The van der Waals surface area contributed by atoms with Gasteiger partial charge in [0.05, 0.1) is 23.3 Å². The van der Waals surface area contributed by atoms with Gasteiger partial charge in [-0.3, -0.25) is 5.10 Å². The molecule has 2 rings (SSSR count). The Hall–Kier alpha value is -2.04. The molecule has 72 valence electrons. The second kappa shape index (κ2) is 3.02. The zero-order valence-electron chi connectivity index (χ0n) is 7.29. The third kappa shape index (κ3) is 1.28. The second-order valence-electron chi connectivity index (χ2n) is 2.94. The third-order valence-electron chi connectivity index (χ3n) is 1.96. The Morgan fingerprint density at radius 2 is 2.00 bits per heavy atom. The SMILES string of the molecule is Nc1ccc(-c2[nH]ncc2N)cc1F. The molecule has 0 saturated heterocycles. The van der Waals surface area contributed by atoms with E-state index in [-0.39, 0.29) is 5.69 Å². The Balaban J connectivity index is 2.53. The second-order valence-corrected chi connectivity index (χ2v) is 2.94. The number of aromatic nitrogens is 2. The summed E-state index contributed by atoms with van der Waals surface area (Å²) < 4.78 is 13.1. The molecular formula is C9H9FN4. The number of halogens is 1. The van der Waals surface area contributed by atoms with E-state index in [1.54, 1.807) is 6.07 Å². The van der Waals surface area contributed by atoms with Crippen LogP contribution in [0.1, 0.15) is 0 Å². The van der Waals surface area contributed by atoms with Crippen molar-refractivity contribution in [2.24, 2.45) is 0 Å². The van der Waals surface area contributed by atoms with Crippen LogP contribution in [0.3, 0.4) is 0 Å². The molecule has 1 aromatic heterocycles. The van der Waals surface area contributed by atoms with Gasteiger partial charge in [-0.05, 0) is 12.1 Å². The van der Waals surface area contributed by atoms with Gasteiger partial charge in [-0.2, -0.15) is 5.10 Å². The number of anilines is 2. The smallest absolute Gasteiger partial charge is 0.146 e. The highest BCUT2D eigenvalue weighted by Crippen LogP contribution is 2.25. The Morgan fingerprint density at radius 1 is 1.21 bits per heavy atom. The molecule has 0 bridgehead atoms. The molecular weight excluding hydrogens is 183 g/mol. The quantitative estimate of drug-likeness (QED) is 0.597. The van der Waals surface area contributed by atoms with Crippen LogP contribution in [0.2, 0.25) is 0 Å². The summed E-state index contributed by atoms with van der Waals surface area (Å²) in [5.41, 5.74) is 12.8. The topological polar surface area (TPSA) is 80.7 Å². The van der Waals surface area contributed by atoms with Crippen LogP contribution >= 0.6 is 0 Å². The number of nitrogens with two attached hydrogens (primary N) is 2. The van der Waals surface area contributed by atoms with E-state index in [0.29, 0.717) is 16.9 Å². The third-order valence-corrected chi connectivity index (χ3v) is 1.96. The maximum absolute atomic E-state index is 13.1. The number of nitrogens with one attached hydrogen (secondary N) is 1. The van der Waals surface area contributed by atoms with Crippen molar-refractivity contribution >= 4 is 11.4 Å². The standard InChI is InChI=1S/C9H9FN4/c10-6-3-5(1-2-7(6)11)9-8(12)4-13-14-9/h1-4H,11-12H2,(H,13,14). The van der Waals surface area contributed by atoms with Gasteiger partial charge in [0.25, 0.3) is 0 Å². The minimum atomic E-state index is -0.462. The molecule has 5 N–H and O–H groups in total. The molecule has 0 aliphatic heterocycles. The largest absolute Gasteiger partial charge is 0.396 e. The van der Waals surface area contributed by atoms with Gasteiger partial charge >= 0.3 is 0 Å². The summed E-state index contributed by atoms with van der Waals surface area (Å²) in [5, 5.41) is 6.43. The molecule has 0 atom stereocenters. The minimum absolute atomic E-state index is 0.117. The van der Waals surface area contributed by atoms with E-state index in [0.717, 1.165) is 0 Å². The highest BCUT2D eigenvalue weighted by Gasteiger charge is 2.06. The minimum Gasteiger partial charge on any atom is -0.396 e. The first-order valence-electron chi connectivity index (χ1n) is 4.02. The molecule has 0 saturated carbocycles. The maximum atomic E-state index is 13.1. The van der Waals surface area contributed by atoms with Crippen LogP contribution in [-0.2, 0) is 0 Å². The lowest BCUT2D eigenvalue weighted by molar-refractivity contribution is 0.633.